The second kappa shape index (κ2) is 6.37. The number of pyridine rings is 1. The molecule has 21 heavy (non-hydrogen) atoms. The number of hydrogen-bond acceptors (Lipinski definition) is 2. The summed E-state index contributed by atoms with van der Waals surface area (Å²) in [5, 5.41) is 5.99. The molecule has 0 aliphatic rings. The first-order valence-electron chi connectivity index (χ1n) is 7.04. The van der Waals surface area contributed by atoms with Gasteiger partial charge in [0.05, 0.1) is 0 Å². The maximum atomic E-state index is 4.15. The highest BCUT2D eigenvalue weighted by Gasteiger charge is 2.08. The van der Waals surface area contributed by atoms with Crippen molar-refractivity contribution in [3.05, 3.63) is 76.5 Å². The SMILES string of the molecule is C[C@@H](NCc1ccc2cnccc2c1)c1ccccc1Br. The summed E-state index contributed by atoms with van der Waals surface area (Å²) in [6.45, 7) is 3.03. The number of nitrogens with one attached hydrogen (secondary N) is 1. The van der Waals surface area contributed by atoms with E-state index in [-0.39, 0.29) is 0 Å². The third-order valence-electron chi connectivity index (χ3n) is 3.69. The fraction of sp³-hybridized carbons (Fsp3) is 0.167. The molecule has 1 N–H and O–H groups in total. The lowest BCUT2D eigenvalue weighted by molar-refractivity contribution is 0.573. The van der Waals surface area contributed by atoms with Crippen LogP contribution in [-0.4, -0.2) is 4.98 Å². The smallest absolute Gasteiger partial charge is 0.0346 e. The Bertz CT molecular complexity index is 755. The number of aromatic nitrogens is 1. The standard InChI is InChI=1S/C18H17BrN2/c1-13(17-4-2-3-5-18(17)19)21-11-14-6-7-16-12-20-9-8-15(16)10-14/h2-10,12-13,21H,11H2,1H3/t13-/m1/s1. The zero-order valence-electron chi connectivity index (χ0n) is 11.9. The second-order valence-electron chi connectivity index (χ2n) is 5.18. The van der Waals surface area contributed by atoms with Gasteiger partial charge in [0.2, 0.25) is 0 Å². The third kappa shape index (κ3) is 3.31. The van der Waals surface area contributed by atoms with Gasteiger partial charge in [0.15, 0.2) is 0 Å². The van der Waals surface area contributed by atoms with Gasteiger partial charge in [0, 0.05) is 34.8 Å². The van der Waals surface area contributed by atoms with E-state index in [9.17, 15) is 0 Å². The molecule has 3 rings (SSSR count). The average molecular weight is 341 g/mol. The summed E-state index contributed by atoms with van der Waals surface area (Å²) in [5.74, 6) is 0. The van der Waals surface area contributed by atoms with Crippen molar-refractivity contribution in [3.63, 3.8) is 0 Å². The van der Waals surface area contributed by atoms with Crippen LogP contribution < -0.4 is 5.32 Å². The van der Waals surface area contributed by atoms with Gasteiger partial charge in [-0.2, -0.15) is 0 Å². The maximum absolute atomic E-state index is 4.15. The van der Waals surface area contributed by atoms with Crippen LogP contribution in [0.15, 0.2) is 65.4 Å². The van der Waals surface area contributed by atoms with E-state index in [4.69, 9.17) is 0 Å². The van der Waals surface area contributed by atoms with Gasteiger partial charge in [-0.05, 0) is 41.6 Å². The fourth-order valence-corrected chi connectivity index (χ4v) is 3.08. The Morgan fingerprint density at radius 2 is 1.95 bits per heavy atom. The second-order valence-corrected chi connectivity index (χ2v) is 6.04. The molecule has 3 heteroatoms. The highest BCUT2D eigenvalue weighted by molar-refractivity contribution is 9.10. The molecule has 0 aliphatic heterocycles. The van der Waals surface area contributed by atoms with Gasteiger partial charge in [0.25, 0.3) is 0 Å². The van der Waals surface area contributed by atoms with Gasteiger partial charge in [-0.15, -0.1) is 0 Å². The zero-order valence-corrected chi connectivity index (χ0v) is 13.5. The first-order chi connectivity index (χ1) is 10.2. The van der Waals surface area contributed by atoms with Crippen molar-refractivity contribution in [3.8, 4) is 0 Å². The summed E-state index contributed by atoms with van der Waals surface area (Å²) >= 11 is 3.61. The van der Waals surface area contributed by atoms with Gasteiger partial charge in [-0.25, -0.2) is 0 Å². The molecule has 2 nitrogen and oxygen atoms in total. The van der Waals surface area contributed by atoms with Crippen molar-refractivity contribution in [2.75, 3.05) is 0 Å². The van der Waals surface area contributed by atoms with Crippen LogP contribution in [0.3, 0.4) is 0 Å². The Labute approximate surface area is 133 Å². The summed E-state index contributed by atoms with van der Waals surface area (Å²) < 4.78 is 1.15. The van der Waals surface area contributed by atoms with E-state index < -0.39 is 0 Å². The van der Waals surface area contributed by atoms with Crippen molar-refractivity contribution in [2.24, 2.45) is 0 Å². The quantitative estimate of drug-likeness (QED) is 0.734. The van der Waals surface area contributed by atoms with Crippen molar-refractivity contribution < 1.29 is 0 Å². The molecule has 0 spiro atoms. The van der Waals surface area contributed by atoms with Crippen LogP contribution in [0, 0.1) is 0 Å². The van der Waals surface area contributed by atoms with Crippen molar-refractivity contribution >= 4 is 26.7 Å². The van der Waals surface area contributed by atoms with Crippen molar-refractivity contribution in [1.29, 1.82) is 0 Å². The Hall–Kier alpha value is -1.71. The highest BCUT2D eigenvalue weighted by atomic mass is 79.9. The topological polar surface area (TPSA) is 24.9 Å². The van der Waals surface area contributed by atoms with Crippen LogP contribution in [-0.2, 0) is 6.54 Å². The van der Waals surface area contributed by atoms with Crippen LogP contribution in [0.5, 0.6) is 0 Å². The monoisotopic (exact) mass is 340 g/mol. The molecule has 1 aromatic heterocycles. The van der Waals surface area contributed by atoms with Crippen LogP contribution >= 0.6 is 15.9 Å². The van der Waals surface area contributed by atoms with Crippen LogP contribution in [0.1, 0.15) is 24.1 Å². The molecule has 0 bridgehead atoms. The van der Waals surface area contributed by atoms with E-state index in [2.05, 4.69) is 75.6 Å². The molecule has 1 atom stereocenters. The first-order valence-corrected chi connectivity index (χ1v) is 7.84. The molecule has 3 aromatic rings. The largest absolute Gasteiger partial charge is 0.306 e. The highest BCUT2D eigenvalue weighted by Crippen LogP contribution is 2.23. The van der Waals surface area contributed by atoms with E-state index in [1.807, 2.05) is 18.5 Å². The van der Waals surface area contributed by atoms with Gasteiger partial charge in [-0.3, -0.25) is 4.98 Å². The number of benzene rings is 2. The molecular weight excluding hydrogens is 324 g/mol. The van der Waals surface area contributed by atoms with E-state index in [0.717, 1.165) is 11.0 Å². The molecule has 2 aromatic carbocycles. The molecule has 0 amide bonds. The van der Waals surface area contributed by atoms with E-state index in [0.29, 0.717) is 6.04 Å². The Morgan fingerprint density at radius 1 is 1.10 bits per heavy atom. The lowest BCUT2D eigenvalue weighted by Gasteiger charge is -2.16. The summed E-state index contributed by atoms with van der Waals surface area (Å²) in [5.41, 5.74) is 2.56. The molecule has 0 radical (unpaired) electrons. The van der Waals surface area contributed by atoms with Gasteiger partial charge >= 0.3 is 0 Å². The lowest BCUT2D eigenvalue weighted by atomic mass is 10.1. The van der Waals surface area contributed by atoms with Crippen LogP contribution in [0.4, 0.5) is 0 Å². The van der Waals surface area contributed by atoms with Crippen LogP contribution in [0.2, 0.25) is 0 Å². The van der Waals surface area contributed by atoms with Crippen molar-refractivity contribution in [1.82, 2.24) is 10.3 Å². The lowest BCUT2D eigenvalue weighted by Crippen LogP contribution is -2.18. The molecule has 0 fully saturated rings. The van der Waals surface area contributed by atoms with E-state index >= 15 is 0 Å². The average Bonchev–Trinajstić information content (AvgIpc) is 2.53. The minimum Gasteiger partial charge on any atom is -0.306 e. The summed E-state index contributed by atoms with van der Waals surface area (Å²) in [4.78, 5) is 4.15. The molecule has 0 saturated carbocycles. The number of halogens is 1. The third-order valence-corrected chi connectivity index (χ3v) is 4.41. The number of fused-ring (bicyclic) bond motifs is 1. The zero-order chi connectivity index (χ0) is 14.7. The van der Waals surface area contributed by atoms with Crippen molar-refractivity contribution in [2.45, 2.75) is 19.5 Å². The van der Waals surface area contributed by atoms with E-state index in [1.165, 1.54) is 21.9 Å². The van der Waals surface area contributed by atoms with Gasteiger partial charge in [-0.1, -0.05) is 46.3 Å². The Kier molecular flexibility index (Phi) is 4.32. The van der Waals surface area contributed by atoms with Gasteiger partial charge in [0.1, 0.15) is 0 Å². The van der Waals surface area contributed by atoms with E-state index in [1.54, 1.807) is 0 Å². The van der Waals surface area contributed by atoms with Gasteiger partial charge < -0.3 is 5.32 Å². The molecule has 1 heterocycles. The fourth-order valence-electron chi connectivity index (χ4n) is 2.45. The minimum atomic E-state index is 0.300. The molecule has 106 valence electrons. The first kappa shape index (κ1) is 14.2. The van der Waals surface area contributed by atoms with Crippen LogP contribution in [0.25, 0.3) is 10.8 Å². The predicted molar refractivity (Wildman–Crippen MR) is 91.1 cm³/mol. The maximum Gasteiger partial charge on any atom is 0.0346 e. The predicted octanol–water partition coefficient (Wildman–Crippen LogP) is 4.85. The Balaban J connectivity index is 1.73. The minimum absolute atomic E-state index is 0.300. The molecule has 0 unspecified atom stereocenters. The summed E-state index contributed by atoms with van der Waals surface area (Å²) in [7, 11) is 0. The number of rotatable bonds is 4. The Morgan fingerprint density at radius 3 is 2.81 bits per heavy atom. The number of nitrogens with zero attached hydrogens (tertiary/aromatic N) is 1. The molecular formula is C18H17BrN2. The number of hydrogen-bond donors (Lipinski definition) is 1. The summed E-state index contributed by atoms with van der Waals surface area (Å²) in [6.07, 6.45) is 3.74. The molecule has 0 saturated heterocycles. The normalized spacial score (nSPS) is 12.5. The summed E-state index contributed by atoms with van der Waals surface area (Å²) in [6, 6.07) is 17.2. The molecule has 0 aliphatic carbocycles.